The van der Waals surface area contributed by atoms with E-state index in [4.69, 9.17) is 4.74 Å². The van der Waals surface area contributed by atoms with Crippen LogP contribution in [0.3, 0.4) is 0 Å². The lowest BCUT2D eigenvalue weighted by Gasteiger charge is -2.22. The number of esters is 1. The summed E-state index contributed by atoms with van der Waals surface area (Å²) in [6, 6.07) is 0.00150. The molecule has 0 saturated heterocycles. The van der Waals surface area contributed by atoms with E-state index in [1.807, 2.05) is 0 Å². The van der Waals surface area contributed by atoms with Gasteiger partial charge in [-0.1, -0.05) is 0 Å². The van der Waals surface area contributed by atoms with E-state index in [1.165, 1.54) is 13.0 Å². The molecule has 8 nitrogen and oxygen atoms in total. The first-order valence-corrected chi connectivity index (χ1v) is 6.48. The molecule has 23 heavy (non-hydrogen) atoms. The number of carbonyl (C=O) groups excluding carboxylic acids is 1. The van der Waals surface area contributed by atoms with Crippen LogP contribution in [0.4, 0.5) is 18.9 Å². The molecule has 2 rings (SSSR count). The number of ether oxygens (including phenoxy) is 1. The molecule has 11 heteroatoms. The van der Waals surface area contributed by atoms with E-state index in [0.29, 0.717) is 0 Å². The van der Waals surface area contributed by atoms with Crippen LogP contribution in [0.5, 0.6) is 0 Å². The summed E-state index contributed by atoms with van der Waals surface area (Å²) in [7, 11) is 0. The van der Waals surface area contributed by atoms with Crippen molar-refractivity contribution in [2.45, 2.75) is 31.1 Å². The molecule has 2 heterocycles. The van der Waals surface area contributed by atoms with Gasteiger partial charge in [0.1, 0.15) is 0 Å². The number of hydrogen-bond donors (Lipinski definition) is 0. The highest BCUT2D eigenvalue weighted by atomic mass is 19.4. The van der Waals surface area contributed by atoms with Crippen LogP contribution in [0.15, 0.2) is 28.6 Å². The molecule has 2 unspecified atom stereocenters. The standard InChI is InChI=1S/C12H11F3N4O4/c1-2-23-10(20)11(6-8(17-18-11)12(13,14)15)9-7(19(21)22)4-3-5-16-9/h3-5,8H,2,6H2,1H3. The monoisotopic (exact) mass is 332 g/mol. The first-order valence-electron chi connectivity index (χ1n) is 6.48. The quantitative estimate of drug-likeness (QED) is 0.478. The molecule has 0 bridgehead atoms. The molecule has 1 aromatic heterocycles. The fraction of sp³-hybridized carbons (Fsp3) is 0.500. The SMILES string of the molecule is CCOC(=O)C1(c2ncccc2[N+](=O)[O-])CC(C(F)(F)F)N=N1. The fourth-order valence-electron chi connectivity index (χ4n) is 2.19. The summed E-state index contributed by atoms with van der Waals surface area (Å²) in [6.45, 7) is 1.32. The van der Waals surface area contributed by atoms with Crippen LogP contribution in [-0.4, -0.2) is 34.7 Å². The van der Waals surface area contributed by atoms with Crippen LogP contribution in [0.1, 0.15) is 19.0 Å². The van der Waals surface area contributed by atoms with E-state index in [-0.39, 0.29) is 6.61 Å². The van der Waals surface area contributed by atoms with Gasteiger partial charge in [-0.15, -0.1) is 0 Å². The van der Waals surface area contributed by atoms with Crippen molar-refractivity contribution < 1.29 is 27.6 Å². The van der Waals surface area contributed by atoms with Gasteiger partial charge in [0.05, 0.1) is 11.5 Å². The molecule has 0 spiro atoms. The second-order valence-corrected chi connectivity index (χ2v) is 4.69. The predicted molar refractivity (Wildman–Crippen MR) is 68.5 cm³/mol. The van der Waals surface area contributed by atoms with Crippen LogP contribution in [0.25, 0.3) is 0 Å². The summed E-state index contributed by atoms with van der Waals surface area (Å²) in [5.74, 6) is -1.16. The second kappa shape index (κ2) is 5.89. The van der Waals surface area contributed by atoms with Crippen LogP contribution in [0, 0.1) is 10.1 Å². The van der Waals surface area contributed by atoms with Gasteiger partial charge >= 0.3 is 12.1 Å². The van der Waals surface area contributed by atoms with E-state index < -0.39 is 46.5 Å². The number of halogens is 3. The van der Waals surface area contributed by atoms with E-state index in [0.717, 1.165) is 12.3 Å². The number of alkyl halides is 3. The van der Waals surface area contributed by atoms with Gasteiger partial charge in [-0.25, -0.2) is 4.79 Å². The van der Waals surface area contributed by atoms with Gasteiger partial charge in [0, 0.05) is 18.7 Å². The Balaban J connectivity index is 2.57. The lowest BCUT2D eigenvalue weighted by atomic mass is 9.88. The number of carbonyl (C=O) groups is 1. The van der Waals surface area contributed by atoms with Crippen molar-refractivity contribution in [3.63, 3.8) is 0 Å². The third kappa shape index (κ3) is 2.98. The number of nitro groups is 1. The zero-order valence-corrected chi connectivity index (χ0v) is 11.8. The van der Waals surface area contributed by atoms with Gasteiger partial charge < -0.3 is 4.74 Å². The van der Waals surface area contributed by atoms with Gasteiger partial charge in [0.2, 0.25) is 5.54 Å². The molecule has 124 valence electrons. The van der Waals surface area contributed by atoms with Gasteiger partial charge in [-0.3, -0.25) is 15.1 Å². The number of rotatable bonds is 4. The van der Waals surface area contributed by atoms with Gasteiger partial charge in [0.25, 0.3) is 5.69 Å². The van der Waals surface area contributed by atoms with Crippen molar-refractivity contribution in [1.82, 2.24) is 4.98 Å². The normalized spacial score (nSPS) is 23.7. The van der Waals surface area contributed by atoms with Crippen LogP contribution < -0.4 is 0 Å². The Labute approximate surface area is 127 Å². The molecule has 0 amide bonds. The average Bonchev–Trinajstić information content (AvgIpc) is 2.94. The molecular formula is C12H11F3N4O4. The Morgan fingerprint density at radius 1 is 1.57 bits per heavy atom. The minimum Gasteiger partial charge on any atom is -0.464 e. The third-order valence-electron chi connectivity index (χ3n) is 3.22. The lowest BCUT2D eigenvalue weighted by Crippen LogP contribution is -2.39. The highest BCUT2D eigenvalue weighted by molar-refractivity contribution is 5.84. The summed E-state index contributed by atoms with van der Waals surface area (Å²) in [5, 5.41) is 17.6. The van der Waals surface area contributed by atoms with Crippen LogP contribution in [-0.2, 0) is 15.1 Å². The van der Waals surface area contributed by atoms with Crippen molar-refractivity contribution in [2.24, 2.45) is 10.2 Å². The molecule has 0 N–H and O–H groups in total. The predicted octanol–water partition coefficient (Wildman–Crippen LogP) is 2.54. The maximum atomic E-state index is 12.9. The molecule has 0 aliphatic carbocycles. The molecule has 0 aromatic carbocycles. The zero-order valence-electron chi connectivity index (χ0n) is 11.8. The first kappa shape index (κ1) is 16.8. The van der Waals surface area contributed by atoms with Crippen molar-refractivity contribution in [2.75, 3.05) is 6.61 Å². The highest BCUT2D eigenvalue weighted by Gasteiger charge is 2.58. The molecule has 1 aliphatic rings. The third-order valence-corrected chi connectivity index (χ3v) is 3.22. The molecule has 0 saturated carbocycles. The maximum absolute atomic E-state index is 12.9. The number of nitrogens with zero attached hydrogens (tertiary/aromatic N) is 4. The summed E-state index contributed by atoms with van der Waals surface area (Å²) in [6.07, 6.45) is -4.53. The summed E-state index contributed by atoms with van der Waals surface area (Å²) in [4.78, 5) is 26.2. The Kier molecular flexibility index (Phi) is 4.30. The summed E-state index contributed by atoms with van der Waals surface area (Å²) in [5.41, 5.74) is -3.42. The smallest absolute Gasteiger partial charge is 0.412 e. The average molecular weight is 332 g/mol. The van der Waals surface area contributed by atoms with E-state index in [9.17, 15) is 28.1 Å². The molecule has 2 atom stereocenters. The Morgan fingerprint density at radius 2 is 2.26 bits per heavy atom. The first-order chi connectivity index (χ1) is 10.7. The topological polar surface area (TPSA) is 107 Å². The Hall–Kier alpha value is -2.59. The molecule has 1 aliphatic heterocycles. The fourth-order valence-corrected chi connectivity index (χ4v) is 2.19. The Bertz CT molecular complexity index is 664. The van der Waals surface area contributed by atoms with Crippen molar-refractivity contribution in [1.29, 1.82) is 0 Å². The molecule has 1 aromatic rings. The second-order valence-electron chi connectivity index (χ2n) is 4.69. The van der Waals surface area contributed by atoms with Gasteiger partial charge in [0.15, 0.2) is 11.7 Å². The minimum absolute atomic E-state index is 0.132. The summed E-state index contributed by atoms with van der Waals surface area (Å²) >= 11 is 0. The highest BCUT2D eigenvalue weighted by Crippen LogP contribution is 2.45. The van der Waals surface area contributed by atoms with E-state index >= 15 is 0 Å². The number of azo groups is 1. The zero-order chi connectivity index (χ0) is 17.3. The maximum Gasteiger partial charge on any atom is 0.412 e. The van der Waals surface area contributed by atoms with Crippen LogP contribution in [0.2, 0.25) is 0 Å². The minimum atomic E-state index is -4.73. The number of hydrogen-bond acceptors (Lipinski definition) is 7. The van der Waals surface area contributed by atoms with Crippen molar-refractivity contribution in [3.8, 4) is 0 Å². The number of aromatic nitrogens is 1. The van der Waals surface area contributed by atoms with Crippen molar-refractivity contribution >= 4 is 11.7 Å². The lowest BCUT2D eigenvalue weighted by molar-refractivity contribution is -0.386. The number of pyridine rings is 1. The summed E-state index contributed by atoms with van der Waals surface area (Å²) < 4.78 is 43.4. The van der Waals surface area contributed by atoms with Gasteiger partial charge in [-0.2, -0.15) is 23.4 Å². The van der Waals surface area contributed by atoms with Crippen LogP contribution >= 0.6 is 0 Å². The van der Waals surface area contributed by atoms with E-state index in [1.54, 1.807) is 0 Å². The molecule has 0 fully saturated rings. The van der Waals surface area contributed by atoms with E-state index in [2.05, 4.69) is 15.2 Å². The van der Waals surface area contributed by atoms with Crippen molar-refractivity contribution in [3.05, 3.63) is 34.1 Å². The Morgan fingerprint density at radius 3 is 2.78 bits per heavy atom. The largest absolute Gasteiger partial charge is 0.464 e. The molecular weight excluding hydrogens is 321 g/mol. The molecule has 0 radical (unpaired) electrons. The van der Waals surface area contributed by atoms with Gasteiger partial charge in [-0.05, 0) is 13.0 Å².